The van der Waals surface area contributed by atoms with Gasteiger partial charge in [0.1, 0.15) is 0 Å². The van der Waals surface area contributed by atoms with E-state index < -0.39 is 0 Å². The summed E-state index contributed by atoms with van der Waals surface area (Å²) in [7, 11) is 1.80. The van der Waals surface area contributed by atoms with Crippen LogP contribution < -0.4 is 0 Å². The molecule has 1 aromatic carbocycles. The van der Waals surface area contributed by atoms with Gasteiger partial charge >= 0.3 is 0 Å². The van der Waals surface area contributed by atoms with Gasteiger partial charge in [-0.05, 0) is 37.1 Å². The molecule has 100 valence electrons. The van der Waals surface area contributed by atoms with Gasteiger partial charge in [0.2, 0.25) is 0 Å². The molecule has 0 N–H and O–H groups in total. The van der Waals surface area contributed by atoms with Crippen molar-refractivity contribution in [1.82, 2.24) is 4.90 Å². The molecule has 1 aromatic heterocycles. The van der Waals surface area contributed by atoms with Crippen molar-refractivity contribution in [3.63, 3.8) is 0 Å². The Morgan fingerprint density at radius 1 is 1.32 bits per heavy atom. The van der Waals surface area contributed by atoms with E-state index in [-0.39, 0.29) is 5.91 Å². The van der Waals surface area contributed by atoms with Gasteiger partial charge in [-0.25, -0.2) is 0 Å². The van der Waals surface area contributed by atoms with E-state index >= 15 is 0 Å². The number of rotatable bonds is 3. The Morgan fingerprint density at radius 2 is 2.00 bits per heavy atom. The summed E-state index contributed by atoms with van der Waals surface area (Å²) in [6.45, 7) is 4.58. The SMILES string of the molecule is Cc1cc(C(=O)N(C)Cc2ccccc2Cl)sc1C. The minimum atomic E-state index is 0.0427. The van der Waals surface area contributed by atoms with Gasteiger partial charge in [0.05, 0.1) is 4.88 Å². The fraction of sp³-hybridized carbons (Fsp3) is 0.267. The molecule has 0 unspecified atom stereocenters. The minimum Gasteiger partial charge on any atom is -0.337 e. The smallest absolute Gasteiger partial charge is 0.263 e. The molecule has 0 aliphatic heterocycles. The van der Waals surface area contributed by atoms with Gasteiger partial charge in [-0.2, -0.15) is 0 Å². The molecule has 19 heavy (non-hydrogen) atoms. The second kappa shape index (κ2) is 5.76. The van der Waals surface area contributed by atoms with Gasteiger partial charge in [-0.3, -0.25) is 4.79 Å². The van der Waals surface area contributed by atoms with Crippen LogP contribution in [0, 0.1) is 13.8 Å². The highest BCUT2D eigenvalue weighted by Crippen LogP contribution is 2.23. The molecular weight excluding hydrogens is 278 g/mol. The van der Waals surface area contributed by atoms with Crippen molar-refractivity contribution < 1.29 is 4.79 Å². The number of aryl methyl sites for hydroxylation is 2. The minimum absolute atomic E-state index is 0.0427. The van der Waals surface area contributed by atoms with Crippen LogP contribution in [0.4, 0.5) is 0 Å². The third-order valence-electron chi connectivity index (χ3n) is 3.09. The molecular formula is C15H16ClNOS. The zero-order valence-corrected chi connectivity index (χ0v) is 12.8. The molecule has 0 fully saturated rings. The first kappa shape index (κ1) is 14.1. The number of hydrogen-bond donors (Lipinski definition) is 0. The van der Waals surface area contributed by atoms with E-state index in [0.29, 0.717) is 11.6 Å². The van der Waals surface area contributed by atoms with E-state index in [1.165, 1.54) is 10.4 Å². The number of halogens is 1. The molecule has 0 aliphatic rings. The van der Waals surface area contributed by atoms with E-state index in [4.69, 9.17) is 11.6 Å². The standard InChI is InChI=1S/C15H16ClNOS/c1-10-8-14(19-11(10)2)15(18)17(3)9-12-6-4-5-7-13(12)16/h4-8H,9H2,1-3H3. The molecule has 0 saturated heterocycles. The topological polar surface area (TPSA) is 20.3 Å². The molecule has 0 bridgehead atoms. The van der Waals surface area contributed by atoms with Crippen LogP contribution in [-0.4, -0.2) is 17.9 Å². The summed E-state index contributed by atoms with van der Waals surface area (Å²) in [5.41, 5.74) is 2.13. The second-order valence-corrected chi connectivity index (χ2v) is 6.27. The summed E-state index contributed by atoms with van der Waals surface area (Å²) in [6, 6.07) is 9.55. The average molecular weight is 294 g/mol. The maximum atomic E-state index is 12.3. The Hall–Kier alpha value is -1.32. The number of thiophene rings is 1. The van der Waals surface area contributed by atoms with Crippen LogP contribution in [0.1, 0.15) is 25.7 Å². The predicted molar refractivity (Wildman–Crippen MR) is 81.0 cm³/mol. The monoisotopic (exact) mass is 293 g/mol. The Labute approximate surface area is 122 Å². The maximum absolute atomic E-state index is 12.3. The molecule has 1 amide bonds. The normalized spacial score (nSPS) is 10.5. The van der Waals surface area contributed by atoms with Crippen LogP contribution in [0.5, 0.6) is 0 Å². The van der Waals surface area contributed by atoms with E-state index in [9.17, 15) is 4.79 Å². The predicted octanol–water partition coefficient (Wildman–Crippen LogP) is 4.29. The lowest BCUT2D eigenvalue weighted by atomic mass is 10.2. The average Bonchev–Trinajstić information content (AvgIpc) is 2.71. The molecule has 4 heteroatoms. The van der Waals surface area contributed by atoms with Crippen molar-refractivity contribution in [2.45, 2.75) is 20.4 Å². The Balaban J connectivity index is 2.14. The van der Waals surface area contributed by atoms with Crippen molar-refractivity contribution in [1.29, 1.82) is 0 Å². The first-order chi connectivity index (χ1) is 8.99. The fourth-order valence-corrected chi connectivity index (χ4v) is 3.04. The van der Waals surface area contributed by atoms with Gasteiger partial charge in [0, 0.05) is 23.5 Å². The van der Waals surface area contributed by atoms with E-state index in [0.717, 1.165) is 10.4 Å². The lowest BCUT2D eigenvalue weighted by Crippen LogP contribution is -2.25. The zero-order chi connectivity index (χ0) is 14.0. The highest BCUT2D eigenvalue weighted by molar-refractivity contribution is 7.14. The van der Waals surface area contributed by atoms with E-state index in [1.54, 1.807) is 23.3 Å². The molecule has 0 atom stereocenters. The molecule has 0 spiro atoms. The molecule has 0 radical (unpaired) electrons. The Kier molecular flexibility index (Phi) is 4.27. The number of carbonyl (C=O) groups excluding carboxylic acids is 1. The van der Waals surface area contributed by atoms with Crippen molar-refractivity contribution in [2.24, 2.45) is 0 Å². The van der Waals surface area contributed by atoms with Crippen molar-refractivity contribution in [2.75, 3.05) is 7.05 Å². The number of amides is 1. The third-order valence-corrected chi connectivity index (χ3v) is 4.60. The largest absolute Gasteiger partial charge is 0.337 e. The van der Waals surface area contributed by atoms with Gasteiger partial charge in [0.25, 0.3) is 5.91 Å². The third kappa shape index (κ3) is 3.17. The molecule has 1 heterocycles. The van der Waals surface area contributed by atoms with Crippen LogP contribution >= 0.6 is 22.9 Å². The summed E-state index contributed by atoms with van der Waals surface area (Å²) < 4.78 is 0. The molecule has 2 rings (SSSR count). The molecule has 2 aromatic rings. The van der Waals surface area contributed by atoms with Gasteiger partial charge in [-0.15, -0.1) is 11.3 Å². The Bertz CT molecular complexity index is 586. The summed E-state index contributed by atoms with van der Waals surface area (Å²) >= 11 is 7.65. The van der Waals surface area contributed by atoms with Gasteiger partial charge in [0.15, 0.2) is 0 Å². The van der Waals surface area contributed by atoms with Crippen LogP contribution in [0.2, 0.25) is 5.02 Å². The van der Waals surface area contributed by atoms with Crippen molar-refractivity contribution >= 4 is 28.8 Å². The summed E-state index contributed by atoms with van der Waals surface area (Å²) in [4.78, 5) is 16.0. The summed E-state index contributed by atoms with van der Waals surface area (Å²) in [5, 5.41) is 0.695. The zero-order valence-electron chi connectivity index (χ0n) is 11.2. The summed E-state index contributed by atoms with van der Waals surface area (Å²) in [5.74, 6) is 0.0427. The molecule has 0 aliphatic carbocycles. The molecule has 2 nitrogen and oxygen atoms in total. The van der Waals surface area contributed by atoms with Crippen molar-refractivity contribution in [3.05, 3.63) is 56.2 Å². The van der Waals surface area contributed by atoms with Crippen LogP contribution in [0.25, 0.3) is 0 Å². The first-order valence-electron chi connectivity index (χ1n) is 6.05. The highest BCUT2D eigenvalue weighted by Gasteiger charge is 2.16. The van der Waals surface area contributed by atoms with Crippen LogP contribution in [0.3, 0.4) is 0 Å². The van der Waals surface area contributed by atoms with E-state index in [1.807, 2.05) is 44.2 Å². The van der Waals surface area contributed by atoms with Crippen molar-refractivity contribution in [3.8, 4) is 0 Å². The van der Waals surface area contributed by atoms with Crippen LogP contribution in [-0.2, 0) is 6.54 Å². The lowest BCUT2D eigenvalue weighted by Gasteiger charge is -2.17. The maximum Gasteiger partial charge on any atom is 0.263 e. The lowest BCUT2D eigenvalue weighted by molar-refractivity contribution is 0.0790. The summed E-state index contributed by atoms with van der Waals surface area (Å²) in [6.07, 6.45) is 0. The number of nitrogens with zero attached hydrogens (tertiary/aromatic N) is 1. The van der Waals surface area contributed by atoms with E-state index in [2.05, 4.69) is 0 Å². The highest BCUT2D eigenvalue weighted by atomic mass is 35.5. The van der Waals surface area contributed by atoms with Crippen LogP contribution in [0.15, 0.2) is 30.3 Å². The number of hydrogen-bond acceptors (Lipinski definition) is 2. The van der Waals surface area contributed by atoms with Gasteiger partial charge in [-0.1, -0.05) is 29.8 Å². The molecule has 0 saturated carbocycles. The first-order valence-corrected chi connectivity index (χ1v) is 7.24. The Morgan fingerprint density at radius 3 is 2.58 bits per heavy atom. The second-order valence-electron chi connectivity index (χ2n) is 4.60. The number of benzene rings is 1. The van der Waals surface area contributed by atoms with Gasteiger partial charge < -0.3 is 4.90 Å². The fourth-order valence-electron chi connectivity index (χ4n) is 1.82. The quantitative estimate of drug-likeness (QED) is 0.826. The number of carbonyl (C=O) groups is 1.